The number of rotatable bonds is 4. The summed E-state index contributed by atoms with van der Waals surface area (Å²) in [6.45, 7) is 5.32. The van der Waals surface area contributed by atoms with Gasteiger partial charge in [0.25, 0.3) is 5.91 Å². The van der Waals surface area contributed by atoms with Gasteiger partial charge in [-0.1, -0.05) is 18.2 Å². The number of esters is 1. The molecule has 1 aromatic rings. The van der Waals surface area contributed by atoms with Gasteiger partial charge < -0.3 is 9.47 Å². The third kappa shape index (κ3) is 5.25. The summed E-state index contributed by atoms with van der Waals surface area (Å²) < 4.78 is 9.26. The van der Waals surface area contributed by atoms with Crippen molar-refractivity contribution in [3.63, 3.8) is 0 Å². The maximum atomic E-state index is 11.8. The summed E-state index contributed by atoms with van der Waals surface area (Å²) in [7, 11) is 1.14. The molecule has 21 heavy (non-hydrogen) atoms. The highest BCUT2D eigenvalue weighted by atomic mass is 16.6. The highest BCUT2D eigenvalue weighted by molar-refractivity contribution is 5.95. The summed E-state index contributed by atoms with van der Waals surface area (Å²) in [6.07, 6.45) is -1.89. The van der Waals surface area contributed by atoms with E-state index in [0.29, 0.717) is 0 Å². The van der Waals surface area contributed by atoms with E-state index >= 15 is 0 Å². The Kier molecular flexibility index (Phi) is 5.90. The smallest absolute Gasteiger partial charge is 0.413 e. The molecule has 0 heterocycles. The van der Waals surface area contributed by atoms with E-state index in [-0.39, 0.29) is 6.42 Å². The van der Waals surface area contributed by atoms with Gasteiger partial charge in [0, 0.05) is 0 Å². The number of hydrogen-bond acceptors (Lipinski definition) is 5. The maximum Gasteiger partial charge on any atom is 0.413 e. The van der Waals surface area contributed by atoms with Gasteiger partial charge in [-0.2, -0.15) is 0 Å². The zero-order valence-electron chi connectivity index (χ0n) is 12.6. The fourth-order valence-electron chi connectivity index (χ4n) is 1.63. The average Bonchev–Trinajstić information content (AvgIpc) is 2.42. The van der Waals surface area contributed by atoms with Crippen molar-refractivity contribution in [3.05, 3.63) is 34.9 Å². The number of imide groups is 1. The van der Waals surface area contributed by atoms with Gasteiger partial charge in [0.1, 0.15) is 0 Å². The van der Waals surface area contributed by atoms with Crippen LogP contribution in [-0.2, 0) is 25.5 Å². The van der Waals surface area contributed by atoms with Crippen LogP contribution in [0.2, 0.25) is 0 Å². The molecule has 0 bridgehead atoms. The number of aryl methyl sites for hydroxylation is 2. The first kappa shape index (κ1) is 16.7. The predicted octanol–water partition coefficient (Wildman–Crippen LogP) is 1.66. The van der Waals surface area contributed by atoms with Crippen molar-refractivity contribution in [2.24, 2.45) is 0 Å². The highest BCUT2D eigenvalue weighted by Gasteiger charge is 2.20. The molecule has 0 aliphatic rings. The molecule has 1 N–H and O–H groups in total. The van der Waals surface area contributed by atoms with Crippen molar-refractivity contribution < 1.29 is 23.9 Å². The van der Waals surface area contributed by atoms with E-state index in [0.717, 1.165) is 23.8 Å². The molecule has 0 fully saturated rings. The molecule has 0 aliphatic carbocycles. The molecule has 1 rings (SSSR count). The lowest BCUT2D eigenvalue weighted by Gasteiger charge is -2.12. The molecule has 1 aromatic carbocycles. The number of nitrogens with one attached hydrogen (secondary N) is 1. The summed E-state index contributed by atoms with van der Waals surface area (Å²) in [5, 5.41) is 1.94. The number of hydrogen-bond donors (Lipinski definition) is 1. The number of amides is 2. The summed E-state index contributed by atoms with van der Waals surface area (Å²) in [5.41, 5.74) is 3.03. The van der Waals surface area contributed by atoms with Crippen LogP contribution in [0, 0.1) is 13.8 Å². The van der Waals surface area contributed by atoms with Gasteiger partial charge >= 0.3 is 12.1 Å². The van der Waals surface area contributed by atoms with Crippen LogP contribution in [0.25, 0.3) is 0 Å². The first-order valence-corrected chi connectivity index (χ1v) is 6.48. The molecular formula is C15H19NO5. The molecule has 0 saturated heterocycles. The van der Waals surface area contributed by atoms with Crippen molar-refractivity contribution in [3.8, 4) is 0 Å². The molecule has 0 aliphatic heterocycles. The Morgan fingerprint density at radius 2 is 1.86 bits per heavy atom. The summed E-state index contributed by atoms with van der Waals surface area (Å²) in [5.74, 6) is -1.26. The minimum Gasteiger partial charge on any atom is -0.453 e. The van der Waals surface area contributed by atoms with Crippen molar-refractivity contribution in [2.45, 2.75) is 33.3 Å². The lowest BCUT2D eigenvalue weighted by molar-refractivity contribution is -0.153. The van der Waals surface area contributed by atoms with Crippen LogP contribution in [0.3, 0.4) is 0 Å². The molecule has 0 aromatic heterocycles. The van der Waals surface area contributed by atoms with Crippen LogP contribution in [-0.4, -0.2) is 31.2 Å². The summed E-state index contributed by atoms with van der Waals surface area (Å²) >= 11 is 0. The fourth-order valence-corrected chi connectivity index (χ4v) is 1.63. The van der Waals surface area contributed by atoms with Crippen molar-refractivity contribution >= 4 is 18.0 Å². The first-order valence-electron chi connectivity index (χ1n) is 6.48. The molecule has 6 nitrogen and oxygen atoms in total. The topological polar surface area (TPSA) is 81.7 Å². The van der Waals surface area contributed by atoms with E-state index in [1.807, 2.05) is 37.4 Å². The number of carbonyl (C=O) groups excluding carboxylic acids is 3. The molecule has 0 saturated carbocycles. The summed E-state index contributed by atoms with van der Waals surface area (Å²) in [4.78, 5) is 34.1. The molecule has 0 spiro atoms. The van der Waals surface area contributed by atoms with Crippen molar-refractivity contribution in [1.82, 2.24) is 5.32 Å². The number of benzene rings is 1. The van der Waals surface area contributed by atoms with Crippen LogP contribution in [0.1, 0.15) is 23.6 Å². The van der Waals surface area contributed by atoms with Gasteiger partial charge in [0.2, 0.25) is 0 Å². The van der Waals surface area contributed by atoms with Gasteiger partial charge in [0.05, 0.1) is 13.5 Å². The van der Waals surface area contributed by atoms with Crippen LogP contribution in [0.15, 0.2) is 18.2 Å². The molecule has 0 radical (unpaired) electrons. The quantitative estimate of drug-likeness (QED) is 0.854. The lowest BCUT2D eigenvalue weighted by Crippen LogP contribution is -2.39. The fraction of sp³-hybridized carbons (Fsp3) is 0.400. The second kappa shape index (κ2) is 7.42. The van der Waals surface area contributed by atoms with E-state index in [1.165, 1.54) is 6.92 Å². The lowest BCUT2D eigenvalue weighted by atomic mass is 10.0. The monoisotopic (exact) mass is 293 g/mol. The molecule has 1 atom stereocenters. The Morgan fingerprint density at radius 3 is 2.43 bits per heavy atom. The second-order valence-electron chi connectivity index (χ2n) is 4.71. The van der Waals surface area contributed by atoms with Gasteiger partial charge in [-0.3, -0.25) is 14.9 Å². The molecule has 0 unspecified atom stereocenters. The van der Waals surface area contributed by atoms with Crippen LogP contribution < -0.4 is 5.32 Å². The third-order valence-corrected chi connectivity index (χ3v) is 3.01. The Labute approximate surface area is 123 Å². The van der Waals surface area contributed by atoms with Gasteiger partial charge in [-0.05, 0) is 37.5 Å². The van der Waals surface area contributed by atoms with Crippen LogP contribution >= 0.6 is 0 Å². The van der Waals surface area contributed by atoms with E-state index in [2.05, 4.69) is 4.74 Å². The minimum absolute atomic E-state index is 0.0664. The van der Waals surface area contributed by atoms with E-state index in [4.69, 9.17) is 4.74 Å². The first-order chi connectivity index (χ1) is 9.83. The standard InChI is InChI=1S/C15H19NO5/c1-9-5-6-12(7-10(9)2)8-13(17)21-11(3)14(18)16-15(19)20-4/h5-7,11H,8H2,1-4H3,(H,16,18,19)/t11-/m0/s1. The Bertz CT molecular complexity index is 553. The Morgan fingerprint density at radius 1 is 1.19 bits per heavy atom. The van der Waals surface area contributed by atoms with E-state index < -0.39 is 24.1 Å². The zero-order chi connectivity index (χ0) is 16.0. The predicted molar refractivity (Wildman–Crippen MR) is 75.7 cm³/mol. The number of alkyl carbamates (subject to hydrolysis) is 1. The number of methoxy groups -OCH3 is 1. The number of ether oxygens (including phenoxy) is 2. The van der Waals surface area contributed by atoms with Gasteiger partial charge in [0.15, 0.2) is 6.10 Å². The van der Waals surface area contributed by atoms with Crippen molar-refractivity contribution in [2.75, 3.05) is 7.11 Å². The van der Waals surface area contributed by atoms with E-state index in [9.17, 15) is 14.4 Å². The minimum atomic E-state index is -1.07. The van der Waals surface area contributed by atoms with Crippen LogP contribution in [0.5, 0.6) is 0 Å². The van der Waals surface area contributed by atoms with Crippen LogP contribution in [0.4, 0.5) is 4.79 Å². The van der Waals surface area contributed by atoms with E-state index in [1.54, 1.807) is 0 Å². The van der Waals surface area contributed by atoms with Gasteiger partial charge in [-0.15, -0.1) is 0 Å². The number of carbonyl (C=O) groups is 3. The van der Waals surface area contributed by atoms with Crippen molar-refractivity contribution in [1.29, 1.82) is 0 Å². The molecule has 2 amide bonds. The highest BCUT2D eigenvalue weighted by Crippen LogP contribution is 2.11. The Balaban J connectivity index is 2.54. The second-order valence-corrected chi connectivity index (χ2v) is 4.71. The molecular weight excluding hydrogens is 274 g/mol. The molecule has 6 heteroatoms. The normalized spacial score (nSPS) is 11.4. The third-order valence-electron chi connectivity index (χ3n) is 3.01. The zero-order valence-corrected chi connectivity index (χ0v) is 12.6. The SMILES string of the molecule is COC(=O)NC(=O)[C@H](C)OC(=O)Cc1ccc(C)c(C)c1. The maximum absolute atomic E-state index is 11.8. The average molecular weight is 293 g/mol. The Hall–Kier alpha value is -2.37. The molecule has 114 valence electrons. The largest absolute Gasteiger partial charge is 0.453 e. The summed E-state index contributed by atoms with van der Waals surface area (Å²) in [6, 6.07) is 5.66. The van der Waals surface area contributed by atoms with Gasteiger partial charge in [-0.25, -0.2) is 4.79 Å².